The largest absolute Gasteiger partial charge is 0.461 e. The van der Waals surface area contributed by atoms with Gasteiger partial charge in [0, 0.05) is 30.5 Å². The van der Waals surface area contributed by atoms with Gasteiger partial charge in [-0.15, -0.1) is 0 Å². The van der Waals surface area contributed by atoms with Crippen molar-refractivity contribution in [2.24, 2.45) is 0 Å². The molecular formula is C23H27N3O2. The van der Waals surface area contributed by atoms with Crippen LogP contribution in [0.1, 0.15) is 29.4 Å². The maximum Gasteiger partial charge on any atom is 0.134 e. The molecule has 0 radical (unpaired) electrons. The maximum absolute atomic E-state index is 10.5. The van der Waals surface area contributed by atoms with Gasteiger partial charge in [0.1, 0.15) is 11.3 Å². The van der Waals surface area contributed by atoms with Gasteiger partial charge >= 0.3 is 0 Å². The number of hydrogen-bond acceptors (Lipinski definition) is 4. The minimum absolute atomic E-state index is 0.498. The molecule has 0 aliphatic carbocycles. The van der Waals surface area contributed by atoms with E-state index < -0.39 is 6.10 Å². The quantitative estimate of drug-likeness (QED) is 0.509. The first-order valence-corrected chi connectivity index (χ1v) is 9.87. The lowest BCUT2D eigenvalue weighted by atomic mass is 10.1. The molecule has 5 nitrogen and oxygen atoms in total. The van der Waals surface area contributed by atoms with Crippen LogP contribution in [0.15, 0.2) is 47.1 Å². The average molecular weight is 377 g/mol. The number of furan rings is 1. The molecule has 4 rings (SSSR count). The summed E-state index contributed by atoms with van der Waals surface area (Å²) in [4.78, 5) is 4.47. The van der Waals surface area contributed by atoms with Gasteiger partial charge in [0.05, 0.1) is 30.0 Å². The Hall–Kier alpha value is -2.63. The number of hydrogen-bond donors (Lipinski definition) is 2. The Morgan fingerprint density at radius 2 is 1.96 bits per heavy atom. The zero-order valence-corrected chi connectivity index (χ0v) is 16.7. The molecule has 1 unspecified atom stereocenters. The van der Waals surface area contributed by atoms with Gasteiger partial charge in [-0.1, -0.05) is 25.1 Å². The first-order chi connectivity index (χ1) is 13.6. The van der Waals surface area contributed by atoms with Crippen LogP contribution in [-0.2, 0) is 19.5 Å². The second kappa shape index (κ2) is 7.78. The number of nitrogens with one attached hydrogen (secondary N) is 1. The standard InChI is InChI=1S/C23H27N3O2/c1-4-22-19(18-7-5-6-8-23(18)28-22)12-24-11-17(27)13-26-14-25-20-9-15(2)16(3)10-21(20)26/h5-10,14,17,24,27H,4,11-13H2,1-3H3. The monoisotopic (exact) mass is 377 g/mol. The van der Waals surface area contributed by atoms with E-state index in [4.69, 9.17) is 4.42 Å². The van der Waals surface area contributed by atoms with Crippen molar-refractivity contribution in [1.82, 2.24) is 14.9 Å². The molecule has 0 saturated carbocycles. The van der Waals surface area contributed by atoms with E-state index in [0.29, 0.717) is 19.6 Å². The summed E-state index contributed by atoms with van der Waals surface area (Å²) in [5.74, 6) is 1.01. The van der Waals surface area contributed by atoms with Gasteiger partial charge in [0.25, 0.3) is 0 Å². The predicted molar refractivity (Wildman–Crippen MR) is 113 cm³/mol. The van der Waals surface area contributed by atoms with Crippen LogP contribution >= 0.6 is 0 Å². The third kappa shape index (κ3) is 3.55. The van der Waals surface area contributed by atoms with E-state index in [-0.39, 0.29) is 0 Å². The Bertz CT molecular complexity index is 1110. The van der Waals surface area contributed by atoms with E-state index in [2.05, 4.69) is 49.3 Å². The van der Waals surface area contributed by atoms with Gasteiger partial charge < -0.3 is 19.4 Å². The fraction of sp³-hybridized carbons (Fsp3) is 0.348. The third-order valence-electron chi connectivity index (χ3n) is 5.43. The van der Waals surface area contributed by atoms with Crippen LogP contribution in [0.25, 0.3) is 22.0 Å². The second-order valence-corrected chi connectivity index (χ2v) is 7.46. The summed E-state index contributed by atoms with van der Waals surface area (Å²) in [6.07, 6.45) is 2.17. The summed E-state index contributed by atoms with van der Waals surface area (Å²) >= 11 is 0. The Kier molecular flexibility index (Phi) is 5.20. The van der Waals surface area contributed by atoms with Gasteiger partial charge in [-0.3, -0.25) is 0 Å². The molecule has 2 aromatic heterocycles. The molecule has 28 heavy (non-hydrogen) atoms. The molecule has 4 aromatic rings. The van der Waals surface area contributed by atoms with Gasteiger partial charge in [0.15, 0.2) is 0 Å². The van der Waals surface area contributed by atoms with Crippen LogP contribution in [0.2, 0.25) is 0 Å². The number of para-hydroxylation sites is 1. The molecule has 0 aliphatic rings. The molecule has 0 fully saturated rings. The van der Waals surface area contributed by atoms with Crippen LogP contribution < -0.4 is 5.32 Å². The van der Waals surface area contributed by atoms with Crippen LogP contribution in [0.5, 0.6) is 0 Å². The number of aromatic nitrogens is 2. The van der Waals surface area contributed by atoms with Crippen molar-refractivity contribution < 1.29 is 9.52 Å². The highest BCUT2D eigenvalue weighted by Gasteiger charge is 2.14. The predicted octanol–water partition coefficient (Wildman–Crippen LogP) is 4.11. The third-order valence-corrected chi connectivity index (χ3v) is 5.43. The minimum Gasteiger partial charge on any atom is -0.461 e. The van der Waals surface area contributed by atoms with Gasteiger partial charge in [-0.25, -0.2) is 4.98 Å². The Labute approximate surface area is 165 Å². The molecule has 2 aromatic carbocycles. The first-order valence-electron chi connectivity index (χ1n) is 9.87. The molecule has 146 valence electrons. The van der Waals surface area contributed by atoms with E-state index in [1.807, 2.05) is 29.1 Å². The zero-order valence-electron chi connectivity index (χ0n) is 16.7. The van der Waals surface area contributed by atoms with E-state index in [9.17, 15) is 5.11 Å². The molecule has 0 spiro atoms. The van der Waals surface area contributed by atoms with E-state index in [0.717, 1.165) is 34.2 Å². The number of imidazole rings is 1. The van der Waals surface area contributed by atoms with E-state index >= 15 is 0 Å². The number of fused-ring (bicyclic) bond motifs is 2. The van der Waals surface area contributed by atoms with Crippen LogP contribution in [0.4, 0.5) is 0 Å². The van der Waals surface area contributed by atoms with Crippen LogP contribution in [0, 0.1) is 13.8 Å². The highest BCUT2D eigenvalue weighted by Crippen LogP contribution is 2.26. The number of aliphatic hydroxyl groups is 1. The number of aryl methyl sites for hydroxylation is 3. The number of nitrogens with zero attached hydrogens (tertiary/aromatic N) is 2. The highest BCUT2D eigenvalue weighted by molar-refractivity contribution is 5.82. The molecule has 0 bridgehead atoms. The van der Waals surface area contributed by atoms with Gasteiger partial charge in [-0.2, -0.15) is 0 Å². The van der Waals surface area contributed by atoms with Crippen LogP contribution in [0.3, 0.4) is 0 Å². The van der Waals surface area contributed by atoms with Gasteiger partial charge in [-0.05, 0) is 43.2 Å². The first kappa shape index (κ1) is 18.7. The summed E-state index contributed by atoms with van der Waals surface area (Å²) in [7, 11) is 0. The van der Waals surface area contributed by atoms with Crippen molar-refractivity contribution in [2.75, 3.05) is 6.54 Å². The summed E-state index contributed by atoms with van der Waals surface area (Å²) in [6.45, 7) is 8.00. The molecule has 2 heterocycles. The molecule has 5 heteroatoms. The Balaban J connectivity index is 1.42. The normalized spacial score (nSPS) is 12.9. The topological polar surface area (TPSA) is 63.2 Å². The highest BCUT2D eigenvalue weighted by atomic mass is 16.3. The summed E-state index contributed by atoms with van der Waals surface area (Å²) in [5, 5.41) is 15.1. The molecule has 0 saturated heterocycles. The molecule has 0 aliphatic heterocycles. The van der Waals surface area contributed by atoms with E-state index in [1.54, 1.807) is 0 Å². The summed E-state index contributed by atoms with van der Waals surface area (Å²) < 4.78 is 7.97. The van der Waals surface area contributed by atoms with E-state index in [1.165, 1.54) is 16.7 Å². The lowest BCUT2D eigenvalue weighted by molar-refractivity contribution is 0.152. The molecular weight excluding hydrogens is 350 g/mol. The van der Waals surface area contributed by atoms with Crippen molar-refractivity contribution in [2.45, 2.75) is 46.4 Å². The zero-order chi connectivity index (χ0) is 19.7. The number of benzene rings is 2. The Morgan fingerprint density at radius 3 is 2.79 bits per heavy atom. The lowest BCUT2D eigenvalue weighted by Crippen LogP contribution is -2.30. The average Bonchev–Trinajstić information content (AvgIpc) is 3.23. The summed E-state index contributed by atoms with van der Waals surface area (Å²) in [5.41, 5.74) is 6.62. The van der Waals surface area contributed by atoms with Crippen molar-refractivity contribution in [3.8, 4) is 0 Å². The fourth-order valence-electron chi connectivity index (χ4n) is 3.74. The van der Waals surface area contributed by atoms with Crippen molar-refractivity contribution >= 4 is 22.0 Å². The fourth-order valence-corrected chi connectivity index (χ4v) is 3.74. The van der Waals surface area contributed by atoms with Crippen molar-refractivity contribution in [3.05, 3.63) is 65.2 Å². The molecule has 0 amide bonds. The molecule has 1 atom stereocenters. The second-order valence-electron chi connectivity index (χ2n) is 7.46. The van der Waals surface area contributed by atoms with Crippen molar-refractivity contribution in [3.63, 3.8) is 0 Å². The molecule has 2 N–H and O–H groups in total. The minimum atomic E-state index is -0.498. The summed E-state index contributed by atoms with van der Waals surface area (Å²) in [6, 6.07) is 12.4. The number of aliphatic hydroxyl groups excluding tert-OH is 1. The number of rotatable bonds is 7. The van der Waals surface area contributed by atoms with Gasteiger partial charge in [0.2, 0.25) is 0 Å². The SMILES string of the molecule is CCc1oc2ccccc2c1CNCC(O)Cn1cnc2cc(C)c(C)cc21. The van der Waals surface area contributed by atoms with Crippen molar-refractivity contribution in [1.29, 1.82) is 0 Å². The Morgan fingerprint density at radius 1 is 1.18 bits per heavy atom. The smallest absolute Gasteiger partial charge is 0.134 e. The maximum atomic E-state index is 10.5. The lowest BCUT2D eigenvalue weighted by Gasteiger charge is -2.14. The van der Waals surface area contributed by atoms with Crippen LogP contribution in [-0.4, -0.2) is 27.3 Å².